The number of hydrogen-bond acceptors (Lipinski definition) is 1. The Morgan fingerprint density at radius 3 is 2.18 bits per heavy atom. The van der Waals surface area contributed by atoms with Crippen molar-refractivity contribution in [2.75, 3.05) is 0 Å². The lowest BCUT2D eigenvalue weighted by Gasteiger charge is -2.41. The average Bonchev–Trinajstić information content (AvgIpc) is 2.22. The zero-order chi connectivity index (χ0) is 7.42. The van der Waals surface area contributed by atoms with Crippen LogP contribution in [0.25, 0.3) is 0 Å². The van der Waals surface area contributed by atoms with Crippen LogP contribution in [0, 0.1) is 23.7 Å². The monoisotopic (exact) mass is 151 g/mol. The molecule has 4 saturated carbocycles. The van der Waals surface area contributed by atoms with Crippen LogP contribution in [0.15, 0.2) is 0 Å². The van der Waals surface area contributed by atoms with Gasteiger partial charge < -0.3 is 5.73 Å². The van der Waals surface area contributed by atoms with Crippen molar-refractivity contribution in [3.05, 3.63) is 0 Å². The summed E-state index contributed by atoms with van der Waals surface area (Å²) in [6.45, 7) is 0. The van der Waals surface area contributed by atoms with E-state index in [1.807, 2.05) is 0 Å². The molecule has 4 aliphatic rings. The summed E-state index contributed by atoms with van der Waals surface area (Å²) >= 11 is 0. The molecule has 0 heterocycles. The number of hydrogen-bond donors (Lipinski definition) is 1. The minimum Gasteiger partial charge on any atom is -0.327 e. The maximum atomic E-state index is 6.20. The molecule has 1 nitrogen and oxygen atoms in total. The molecule has 4 rings (SSSR count). The first-order chi connectivity index (χ1) is 5.34. The van der Waals surface area contributed by atoms with Gasteiger partial charge in [-0.2, -0.15) is 0 Å². The van der Waals surface area contributed by atoms with Crippen molar-refractivity contribution in [3.63, 3.8) is 0 Å². The average molecular weight is 151 g/mol. The van der Waals surface area contributed by atoms with Crippen molar-refractivity contribution in [3.8, 4) is 0 Å². The van der Waals surface area contributed by atoms with Crippen LogP contribution in [0.1, 0.15) is 32.1 Å². The van der Waals surface area contributed by atoms with Crippen LogP contribution in [0.4, 0.5) is 0 Å². The molecule has 0 amide bonds. The molecule has 11 heavy (non-hydrogen) atoms. The molecule has 3 unspecified atom stereocenters. The van der Waals surface area contributed by atoms with Crippen molar-refractivity contribution in [2.24, 2.45) is 29.4 Å². The molecule has 0 spiro atoms. The highest BCUT2D eigenvalue weighted by Crippen LogP contribution is 2.54. The van der Waals surface area contributed by atoms with Crippen molar-refractivity contribution in [1.29, 1.82) is 0 Å². The van der Waals surface area contributed by atoms with Gasteiger partial charge in [0.05, 0.1) is 0 Å². The SMILES string of the molecule is NC1C2CCC(C2)C2CC1C2. The van der Waals surface area contributed by atoms with Gasteiger partial charge >= 0.3 is 0 Å². The standard InChI is InChI=1S/C10H17N/c11-10-7-2-1-6(3-7)8-4-9(10)5-8/h6-10H,1-5,11H2. The van der Waals surface area contributed by atoms with Gasteiger partial charge in [-0.25, -0.2) is 0 Å². The van der Waals surface area contributed by atoms with Crippen LogP contribution in [0.3, 0.4) is 0 Å². The van der Waals surface area contributed by atoms with Gasteiger partial charge in [0.15, 0.2) is 0 Å². The first kappa shape index (κ1) is 6.47. The van der Waals surface area contributed by atoms with Crippen molar-refractivity contribution < 1.29 is 0 Å². The Hall–Kier alpha value is -0.0400. The van der Waals surface area contributed by atoms with Crippen LogP contribution < -0.4 is 5.73 Å². The maximum absolute atomic E-state index is 6.20. The first-order valence-corrected chi connectivity index (χ1v) is 5.10. The Balaban J connectivity index is 1.89. The Bertz CT molecular complexity index is 170. The summed E-state index contributed by atoms with van der Waals surface area (Å²) in [5.74, 6) is 4.02. The fourth-order valence-electron chi connectivity index (χ4n) is 3.62. The van der Waals surface area contributed by atoms with Gasteiger partial charge in [-0.1, -0.05) is 0 Å². The fraction of sp³-hybridized carbons (Fsp3) is 1.00. The first-order valence-electron chi connectivity index (χ1n) is 5.10. The molecular weight excluding hydrogens is 134 g/mol. The summed E-state index contributed by atoms with van der Waals surface area (Å²) in [7, 11) is 0. The molecule has 1 heteroatoms. The van der Waals surface area contributed by atoms with E-state index in [0.717, 1.165) is 23.7 Å². The fourth-order valence-corrected chi connectivity index (χ4v) is 3.62. The molecule has 0 radical (unpaired) electrons. The zero-order valence-corrected chi connectivity index (χ0v) is 7.00. The van der Waals surface area contributed by atoms with E-state index in [2.05, 4.69) is 0 Å². The predicted octanol–water partition coefficient (Wildman–Crippen LogP) is 1.77. The molecule has 62 valence electrons. The van der Waals surface area contributed by atoms with E-state index in [4.69, 9.17) is 5.73 Å². The maximum Gasteiger partial charge on any atom is 0.00959 e. The summed E-state index contributed by atoms with van der Waals surface area (Å²) in [4.78, 5) is 0. The van der Waals surface area contributed by atoms with E-state index in [1.54, 1.807) is 0 Å². The van der Waals surface area contributed by atoms with E-state index in [0.29, 0.717) is 6.04 Å². The van der Waals surface area contributed by atoms with Crippen molar-refractivity contribution >= 4 is 0 Å². The van der Waals surface area contributed by atoms with Gasteiger partial charge in [0.2, 0.25) is 0 Å². The van der Waals surface area contributed by atoms with Gasteiger partial charge in [0, 0.05) is 6.04 Å². The second kappa shape index (κ2) is 2.01. The zero-order valence-electron chi connectivity index (χ0n) is 7.00. The van der Waals surface area contributed by atoms with Crippen molar-refractivity contribution in [1.82, 2.24) is 0 Å². The Labute approximate surface area is 68.3 Å². The van der Waals surface area contributed by atoms with E-state index in [-0.39, 0.29) is 0 Å². The van der Waals surface area contributed by atoms with E-state index >= 15 is 0 Å². The summed E-state index contributed by atoms with van der Waals surface area (Å²) in [6, 6.07) is 0.582. The molecule has 3 atom stereocenters. The quantitative estimate of drug-likeness (QED) is 0.561. The third-order valence-electron chi connectivity index (χ3n) is 4.48. The topological polar surface area (TPSA) is 26.0 Å². The van der Waals surface area contributed by atoms with Crippen LogP contribution in [-0.2, 0) is 0 Å². The van der Waals surface area contributed by atoms with Gasteiger partial charge in [0.1, 0.15) is 0 Å². The normalized spacial score (nSPS) is 60.3. The van der Waals surface area contributed by atoms with E-state index < -0.39 is 0 Å². The third kappa shape index (κ3) is 0.752. The minimum absolute atomic E-state index is 0.582. The van der Waals surface area contributed by atoms with Crippen molar-refractivity contribution in [2.45, 2.75) is 38.1 Å². The van der Waals surface area contributed by atoms with E-state index in [1.165, 1.54) is 32.1 Å². The van der Waals surface area contributed by atoms with Crippen LogP contribution in [-0.4, -0.2) is 6.04 Å². The number of rotatable bonds is 0. The Morgan fingerprint density at radius 1 is 0.727 bits per heavy atom. The molecular formula is C10H17N. The number of nitrogens with two attached hydrogens (primary N) is 1. The molecule has 0 aromatic heterocycles. The molecule has 2 N–H and O–H groups in total. The van der Waals surface area contributed by atoms with Gasteiger partial charge in [0.25, 0.3) is 0 Å². The smallest absolute Gasteiger partial charge is 0.00959 e. The van der Waals surface area contributed by atoms with Crippen LogP contribution in [0.5, 0.6) is 0 Å². The Kier molecular flexibility index (Phi) is 1.18. The highest BCUT2D eigenvalue weighted by molar-refractivity contribution is 5.01. The predicted molar refractivity (Wildman–Crippen MR) is 45.0 cm³/mol. The second-order valence-electron chi connectivity index (χ2n) is 4.90. The third-order valence-corrected chi connectivity index (χ3v) is 4.48. The molecule has 0 aliphatic heterocycles. The molecule has 4 aliphatic carbocycles. The summed E-state index contributed by atoms with van der Waals surface area (Å²) in [5.41, 5.74) is 6.20. The molecule has 4 bridgehead atoms. The molecule has 0 aromatic carbocycles. The molecule has 0 saturated heterocycles. The highest BCUT2D eigenvalue weighted by Gasteiger charge is 2.48. The van der Waals surface area contributed by atoms with Crippen LogP contribution in [0.2, 0.25) is 0 Å². The van der Waals surface area contributed by atoms with Gasteiger partial charge in [-0.15, -0.1) is 0 Å². The highest BCUT2D eigenvalue weighted by atomic mass is 14.7. The van der Waals surface area contributed by atoms with Crippen LogP contribution >= 0.6 is 0 Å². The van der Waals surface area contributed by atoms with Gasteiger partial charge in [-0.3, -0.25) is 0 Å². The van der Waals surface area contributed by atoms with E-state index in [9.17, 15) is 0 Å². The summed E-state index contributed by atoms with van der Waals surface area (Å²) < 4.78 is 0. The largest absolute Gasteiger partial charge is 0.327 e. The lowest BCUT2D eigenvalue weighted by molar-refractivity contribution is 0.114. The molecule has 4 fully saturated rings. The summed E-state index contributed by atoms with van der Waals surface area (Å²) in [5, 5.41) is 0. The van der Waals surface area contributed by atoms with Gasteiger partial charge in [-0.05, 0) is 55.8 Å². The minimum atomic E-state index is 0.582. The Morgan fingerprint density at radius 2 is 1.36 bits per heavy atom. The summed E-state index contributed by atoms with van der Waals surface area (Å²) in [6.07, 6.45) is 7.36. The second-order valence-corrected chi connectivity index (χ2v) is 4.90. The molecule has 0 aromatic rings. The lowest BCUT2D eigenvalue weighted by Crippen LogP contribution is -2.42. The lowest BCUT2D eigenvalue weighted by atomic mass is 9.66.